The maximum atomic E-state index is 13.6. The molecule has 0 atom stereocenters. The molecule has 3 aromatic rings. The smallest absolute Gasteiger partial charge is 0.257 e. The lowest BCUT2D eigenvalue weighted by Crippen LogP contribution is -2.14. The molecule has 1 aromatic heterocycles. The quantitative estimate of drug-likeness (QED) is 0.526. The Kier molecular flexibility index (Phi) is 4.83. The van der Waals surface area contributed by atoms with Crippen LogP contribution in [0.3, 0.4) is 0 Å². The average Bonchev–Trinajstić information content (AvgIpc) is 2.64. The SMILES string of the molecule is O=C(Nc1ccc(F)c(F)c1F)c1ccc(Nc2ccc(F)cc2)nc1. The highest BCUT2D eigenvalue weighted by atomic mass is 19.2. The Morgan fingerprint density at radius 1 is 0.846 bits per heavy atom. The van der Waals surface area contributed by atoms with Gasteiger partial charge in [0.1, 0.15) is 11.6 Å². The Morgan fingerprint density at radius 2 is 1.58 bits per heavy atom. The van der Waals surface area contributed by atoms with Crippen LogP contribution in [-0.2, 0) is 0 Å². The van der Waals surface area contributed by atoms with E-state index in [2.05, 4.69) is 15.6 Å². The first-order valence-corrected chi connectivity index (χ1v) is 7.37. The summed E-state index contributed by atoms with van der Waals surface area (Å²) in [5.74, 6) is -5.22. The molecule has 8 heteroatoms. The lowest BCUT2D eigenvalue weighted by molar-refractivity contribution is 0.102. The average molecular weight is 361 g/mol. The van der Waals surface area contributed by atoms with Crippen LogP contribution in [0.25, 0.3) is 0 Å². The molecule has 2 aromatic carbocycles. The van der Waals surface area contributed by atoms with Gasteiger partial charge in [-0.1, -0.05) is 0 Å². The van der Waals surface area contributed by atoms with E-state index in [1.807, 2.05) is 0 Å². The van der Waals surface area contributed by atoms with E-state index in [1.54, 1.807) is 0 Å². The first kappa shape index (κ1) is 17.4. The Morgan fingerprint density at radius 3 is 2.23 bits per heavy atom. The van der Waals surface area contributed by atoms with Crippen molar-refractivity contribution in [3.05, 3.63) is 83.6 Å². The van der Waals surface area contributed by atoms with Crippen molar-refractivity contribution in [3.8, 4) is 0 Å². The number of halogens is 4. The number of nitrogens with zero attached hydrogens (tertiary/aromatic N) is 1. The lowest BCUT2D eigenvalue weighted by Gasteiger charge is -2.08. The highest BCUT2D eigenvalue weighted by Gasteiger charge is 2.16. The number of rotatable bonds is 4. The molecule has 0 aliphatic heterocycles. The highest BCUT2D eigenvalue weighted by Crippen LogP contribution is 2.21. The van der Waals surface area contributed by atoms with Crippen molar-refractivity contribution in [3.63, 3.8) is 0 Å². The van der Waals surface area contributed by atoms with Crippen LogP contribution in [0.4, 0.5) is 34.8 Å². The van der Waals surface area contributed by atoms with Gasteiger partial charge in [-0.2, -0.15) is 0 Å². The van der Waals surface area contributed by atoms with Gasteiger partial charge in [-0.3, -0.25) is 4.79 Å². The van der Waals surface area contributed by atoms with Crippen LogP contribution >= 0.6 is 0 Å². The van der Waals surface area contributed by atoms with E-state index in [9.17, 15) is 22.4 Å². The summed E-state index contributed by atoms with van der Waals surface area (Å²) in [6.07, 6.45) is 1.22. The maximum Gasteiger partial charge on any atom is 0.257 e. The predicted octanol–water partition coefficient (Wildman–Crippen LogP) is 4.63. The molecule has 132 valence electrons. The van der Waals surface area contributed by atoms with Crippen molar-refractivity contribution >= 4 is 23.1 Å². The Bertz CT molecular complexity index is 944. The van der Waals surface area contributed by atoms with Gasteiger partial charge in [0.25, 0.3) is 5.91 Å². The van der Waals surface area contributed by atoms with E-state index >= 15 is 0 Å². The van der Waals surface area contributed by atoms with E-state index in [-0.39, 0.29) is 11.4 Å². The summed E-state index contributed by atoms with van der Waals surface area (Å²) < 4.78 is 52.5. The Hall–Kier alpha value is -3.42. The summed E-state index contributed by atoms with van der Waals surface area (Å²) in [4.78, 5) is 16.1. The normalized spacial score (nSPS) is 10.5. The minimum atomic E-state index is -1.67. The first-order chi connectivity index (χ1) is 12.4. The molecule has 0 bridgehead atoms. The molecule has 0 radical (unpaired) electrons. The second-order valence-corrected chi connectivity index (χ2v) is 5.24. The van der Waals surface area contributed by atoms with Crippen LogP contribution in [-0.4, -0.2) is 10.9 Å². The van der Waals surface area contributed by atoms with E-state index in [4.69, 9.17) is 0 Å². The molecule has 4 nitrogen and oxygen atoms in total. The summed E-state index contributed by atoms with van der Waals surface area (Å²) >= 11 is 0. The van der Waals surface area contributed by atoms with Crippen LogP contribution < -0.4 is 10.6 Å². The van der Waals surface area contributed by atoms with Gasteiger partial charge in [-0.15, -0.1) is 0 Å². The molecule has 26 heavy (non-hydrogen) atoms. The van der Waals surface area contributed by atoms with E-state index in [1.165, 1.54) is 42.6 Å². The van der Waals surface area contributed by atoms with Crippen molar-refractivity contribution in [2.45, 2.75) is 0 Å². The monoisotopic (exact) mass is 361 g/mol. The van der Waals surface area contributed by atoms with Crippen molar-refractivity contribution < 1.29 is 22.4 Å². The van der Waals surface area contributed by atoms with Gasteiger partial charge in [0.2, 0.25) is 0 Å². The number of carbonyl (C=O) groups excluding carboxylic acids is 1. The van der Waals surface area contributed by atoms with Crippen LogP contribution in [0.1, 0.15) is 10.4 Å². The minimum absolute atomic E-state index is 0.0822. The van der Waals surface area contributed by atoms with Gasteiger partial charge in [-0.25, -0.2) is 22.5 Å². The molecule has 0 unspecified atom stereocenters. The fourth-order valence-electron chi connectivity index (χ4n) is 2.10. The number of nitrogens with one attached hydrogen (secondary N) is 2. The number of pyridine rings is 1. The van der Waals surface area contributed by atoms with Crippen molar-refractivity contribution in [1.82, 2.24) is 4.98 Å². The Labute approximate surface area is 145 Å². The van der Waals surface area contributed by atoms with Gasteiger partial charge in [0.05, 0.1) is 11.3 Å². The molecule has 0 saturated carbocycles. The number of hydrogen-bond donors (Lipinski definition) is 2. The van der Waals surface area contributed by atoms with Crippen LogP contribution in [0.5, 0.6) is 0 Å². The van der Waals surface area contributed by atoms with E-state index in [0.717, 1.165) is 6.07 Å². The molecule has 3 rings (SSSR count). The topological polar surface area (TPSA) is 54.0 Å². The van der Waals surface area contributed by atoms with Gasteiger partial charge in [-0.05, 0) is 48.5 Å². The highest BCUT2D eigenvalue weighted by molar-refractivity contribution is 6.04. The van der Waals surface area contributed by atoms with Gasteiger partial charge < -0.3 is 10.6 Å². The molecule has 0 saturated heterocycles. The standard InChI is InChI=1S/C18H11F4N3O/c19-11-2-4-12(5-3-11)24-15-8-1-10(9-23-15)18(26)25-14-7-6-13(20)16(21)17(14)22/h1-9H,(H,23,24)(H,25,26). The molecule has 2 N–H and O–H groups in total. The molecular formula is C18H11F4N3O. The third-order valence-electron chi connectivity index (χ3n) is 3.43. The number of aromatic nitrogens is 1. The number of anilines is 3. The van der Waals surface area contributed by atoms with Gasteiger partial charge in [0.15, 0.2) is 17.5 Å². The van der Waals surface area contributed by atoms with Crippen molar-refractivity contribution in [2.24, 2.45) is 0 Å². The fraction of sp³-hybridized carbons (Fsp3) is 0. The molecule has 1 amide bonds. The number of amides is 1. The number of hydrogen-bond acceptors (Lipinski definition) is 3. The summed E-state index contributed by atoms with van der Waals surface area (Å²) in [6, 6.07) is 10.1. The largest absolute Gasteiger partial charge is 0.340 e. The third kappa shape index (κ3) is 3.80. The maximum absolute atomic E-state index is 13.6. The molecule has 0 aliphatic rings. The Balaban J connectivity index is 1.71. The summed E-state index contributed by atoms with van der Waals surface area (Å²) in [7, 11) is 0. The molecule has 1 heterocycles. The minimum Gasteiger partial charge on any atom is -0.340 e. The summed E-state index contributed by atoms with van der Waals surface area (Å²) in [5.41, 5.74) is 0.196. The van der Waals surface area contributed by atoms with Gasteiger partial charge >= 0.3 is 0 Å². The van der Waals surface area contributed by atoms with Crippen molar-refractivity contribution in [2.75, 3.05) is 10.6 Å². The number of benzene rings is 2. The molecule has 0 fully saturated rings. The zero-order valence-corrected chi connectivity index (χ0v) is 13.1. The van der Waals surface area contributed by atoms with Crippen molar-refractivity contribution in [1.29, 1.82) is 0 Å². The molecule has 0 aliphatic carbocycles. The van der Waals surface area contributed by atoms with E-state index in [0.29, 0.717) is 17.6 Å². The fourth-order valence-corrected chi connectivity index (χ4v) is 2.10. The number of carbonyl (C=O) groups is 1. The second-order valence-electron chi connectivity index (χ2n) is 5.24. The van der Waals surface area contributed by atoms with Crippen LogP contribution in [0.2, 0.25) is 0 Å². The first-order valence-electron chi connectivity index (χ1n) is 7.37. The van der Waals surface area contributed by atoms with Gasteiger partial charge in [0, 0.05) is 11.9 Å². The summed E-state index contributed by atoms with van der Waals surface area (Å²) in [6.45, 7) is 0. The zero-order valence-electron chi connectivity index (χ0n) is 13.1. The third-order valence-corrected chi connectivity index (χ3v) is 3.43. The van der Waals surface area contributed by atoms with E-state index < -0.39 is 29.0 Å². The van der Waals surface area contributed by atoms with Crippen LogP contribution in [0.15, 0.2) is 54.7 Å². The summed E-state index contributed by atoms with van der Waals surface area (Å²) in [5, 5.41) is 5.06. The van der Waals surface area contributed by atoms with Crippen LogP contribution in [0, 0.1) is 23.3 Å². The second kappa shape index (κ2) is 7.22. The lowest BCUT2D eigenvalue weighted by atomic mass is 10.2. The molecular weight excluding hydrogens is 350 g/mol. The predicted molar refractivity (Wildman–Crippen MR) is 88.2 cm³/mol. The molecule has 0 spiro atoms. The zero-order chi connectivity index (χ0) is 18.7.